The van der Waals surface area contributed by atoms with E-state index < -0.39 is 0 Å². The molecule has 19 heavy (non-hydrogen) atoms. The number of rotatable bonds is 8. The van der Waals surface area contributed by atoms with Crippen LogP contribution in [0, 0.1) is 5.41 Å². The van der Waals surface area contributed by atoms with Gasteiger partial charge in [0.15, 0.2) is 0 Å². The Kier molecular flexibility index (Phi) is 10.2. The van der Waals surface area contributed by atoms with Gasteiger partial charge in [-0.05, 0) is 31.3 Å². The molecule has 0 unspecified atom stereocenters. The van der Waals surface area contributed by atoms with Gasteiger partial charge < -0.3 is 20.1 Å². The molecule has 0 aromatic carbocycles. The molecular formula is C13H27ClN2O3. The molecule has 0 bridgehead atoms. The van der Waals surface area contributed by atoms with Crippen molar-refractivity contribution >= 4 is 18.3 Å². The van der Waals surface area contributed by atoms with E-state index in [9.17, 15) is 4.79 Å². The molecule has 1 aliphatic heterocycles. The summed E-state index contributed by atoms with van der Waals surface area (Å²) in [5.41, 5.74) is 0.248. The summed E-state index contributed by atoms with van der Waals surface area (Å²) in [6.07, 6.45) is 2.67. The lowest BCUT2D eigenvalue weighted by molar-refractivity contribution is -0.122. The highest BCUT2D eigenvalue weighted by atomic mass is 35.5. The van der Waals surface area contributed by atoms with Gasteiger partial charge in [-0.15, -0.1) is 12.4 Å². The van der Waals surface area contributed by atoms with Gasteiger partial charge in [0.25, 0.3) is 0 Å². The standard InChI is InChI=1S/C13H26N2O3.ClH/c1-13(4-6-14-7-5-13)11-15-12(16)3-8-18-10-9-17-2;/h14H,3-11H2,1-2H3,(H,15,16);1H. The van der Waals surface area contributed by atoms with E-state index in [0.717, 1.165) is 32.5 Å². The zero-order valence-corrected chi connectivity index (χ0v) is 12.8. The molecule has 0 spiro atoms. The van der Waals surface area contributed by atoms with Gasteiger partial charge in [-0.1, -0.05) is 6.92 Å². The highest BCUT2D eigenvalue weighted by Gasteiger charge is 2.26. The zero-order chi connectivity index (χ0) is 13.3. The van der Waals surface area contributed by atoms with E-state index in [1.807, 2.05) is 0 Å². The van der Waals surface area contributed by atoms with Crippen molar-refractivity contribution in [3.05, 3.63) is 0 Å². The van der Waals surface area contributed by atoms with Gasteiger partial charge in [-0.2, -0.15) is 0 Å². The van der Waals surface area contributed by atoms with Crippen LogP contribution in [-0.2, 0) is 14.3 Å². The van der Waals surface area contributed by atoms with Crippen LogP contribution in [0.3, 0.4) is 0 Å². The zero-order valence-electron chi connectivity index (χ0n) is 12.0. The normalized spacial score (nSPS) is 17.6. The molecule has 5 nitrogen and oxygen atoms in total. The molecule has 1 saturated heterocycles. The van der Waals surface area contributed by atoms with E-state index in [-0.39, 0.29) is 23.7 Å². The first-order valence-electron chi connectivity index (χ1n) is 6.70. The molecule has 0 saturated carbocycles. The van der Waals surface area contributed by atoms with Gasteiger partial charge in [0.05, 0.1) is 19.8 Å². The van der Waals surface area contributed by atoms with Crippen molar-refractivity contribution in [1.82, 2.24) is 10.6 Å². The van der Waals surface area contributed by atoms with Crippen LogP contribution in [0.4, 0.5) is 0 Å². The van der Waals surface area contributed by atoms with Crippen LogP contribution in [-0.4, -0.2) is 52.5 Å². The topological polar surface area (TPSA) is 59.6 Å². The van der Waals surface area contributed by atoms with Gasteiger partial charge in [0.1, 0.15) is 0 Å². The molecule has 0 aromatic heterocycles. The fourth-order valence-corrected chi connectivity index (χ4v) is 2.02. The summed E-state index contributed by atoms with van der Waals surface area (Å²) < 4.78 is 10.1. The van der Waals surface area contributed by atoms with Crippen LogP contribution in [0.1, 0.15) is 26.2 Å². The minimum atomic E-state index is 0. The number of methoxy groups -OCH3 is 1. The summed E-state index contributed by atoms with van der Waals surface area (Å²) in [6.45, 7) is 6.70. The minimum Gasteiger partial charge on any atom is -0.382 e. The third kappa shape index (κ3) is 8.42. The maximum Gasteiger partial charge on any atom is 0.222 e. The summed E-state index contributed by atoms with van der Waals surface area (Å²) in [4.78, 5) is 11.6. The Bertz CT molecular complexity index is 246. The highest BCUT2D eigenvalue weighted by molar-refractivity contribution is 5.85. The van der Waals surface area contributed by atoms with Gasteiger partial charge in [-0.3, -0.25) is 4.79 Å². The Morgan fingerprint density at radius 2 is 1.95 bits per heavy atom. The van der Waals surface area contributed by atoms with Crippen molar-refractivity contribution in [1.29, 1.82) is 0 Å². The monoisotopic (exact) mass is 294 g/mol. The molecule has 1 heterocycles. The number of amides is 1. The van der Waals surface area contributed by atoms with Gasteiger partial charge in [0, 0.05) is 20.1 Å². The number of hydrogen-bond donors (Lipinski definition) is 2. The number of carbonyl (C=O) groups excluding carboxylic acids is 1. The summed E-state index contributed by atoms with van der Waals surface area (Å²) in [5, 5.41) is 6.34. The molecule has 0 aliphatic carbocycles. The number of nitrogens with one attached hydrogen (secondary N) is 2. The van der Waals surface area contributed by atoms with Gasteiger partial charge in [0.2, 0.25) is 5.91 Å². The van der Waals surface area contributed by atoms with Crippen LogP contribution in [0.15, 0.2) is 0 Å². The van der Waals surface area contributed by atoms with Crippen LogP contribution in [0.25, 0.3) is 0 Å². The van der Waals surface area contributed by atoms with Crippen molar-refractivity contribution in [3.8, 4) is 0 Å². The quantitative estimate of drug-likeness (QED) is 0.655. The van der Waals surface area contributed by atoms with Crippen molar-refractivity contribution in [3.63, 3.8) is 0 Å². The number of carbonyl (C=O) groups is 1. The Hall–Kier alpha value is -0.360. The van der Waals surface area contributed by atoms with Crippen LogP contribution >= 0.6 is 12.4 Å². The number of ether oxygens (including phenoxy) is 2. The predicted octanol–water partition coefficient (Wildman–Crippen LogP) is 0.967. The van der Waals surface area contributed by atoms with Crippen molar-refractivity contribution in [2.75, 3.05) is 46.6 Å². The molecule has 2 N–H and O–H groups in total. The molecule has 0 atom stereocenters. The molecule has 1 amide bonds. The number of piperidine rings is 1. The fraction of sp³-hybridized carbons (Fsp3) is 0.923. The van der Waals surface area contributed by atoms with Crippen molar-refractivity contribution < 1.29 is 14.3 Å². The van der Waals surface area contributed by atoms with E-state index in [4.69, 9.17) is 9.47 Å². The summed E-state index contributed by atoms with van der Waals surface area (Å²) in [6, 6.07) is 0. The lowest BCUT2D eigenvalue weighted by Gasteiger charge is -2.34. The molecule has 1 fully saturated rings. The van der Waals surface area contributed by atoms with Crippen LogP contribution < -0.4 is 10.6 Å². The van der Waals surface area contributed by atoms with Gasteiger partial charge >= 0.3 is 0 Å². The largest absolute Gasteiger partial charge is 0.382 e. The lowest BCUT2D eigenvalue weighted by Crippen LogP contribution is -2.43. The average molecular weight is 295 g/mol. The second-order valence-corrected chi connectivity index (χ2v) is 5.19. The van der Waals surface area contributed by atoms with E-state index in [0.29, 0.717) is 26.2 Å². The third-order valence-corrected chi connectivity index (χ3v) is 3.43. The maximum absolute atomic E-state index is 11.6. The Morgan fingerprint density at radius 3 is 2.58 bits per heavy atom. The summed E-state index contributed by atoms with van der Waals surface area (Å²) in [5.74, 6) is 0.0761. The van der Waals surface area contributed by atoms with Crippen LogP contribution in [0.2, 0.25) is 0 Å². The van der Waals surface area contributed by atoms with E-state index in [2.05, 4.69) is 17.6 Å². The smallest absolute Gasteiger partial charge is 0.222 e. The SMILES string of the molecule is COCCOCCC(=O)NCC1(C)CCNCC1.Cl. The third-order valence-electron chi connectivity index (χ3n) is 3.43. The Labute approximate surface area is 122 Å². The molecule has 6 heteroatoms. The van der Waals surface area contributed by atoms with Gasteiger partial charge in [-0.25, -0.2) is 0 Å². The first-order valence-corrected chi connectivity index (χ1v) is 6.70. The predicted molar refractivity (Wildman–Crippen MR) is 77.8 cm³/mol. The second-order valence-electron chi connectivity index (χ2n) is 5.19. The molecule has 1 rings (SSSR count). The number of hydrogen-bond acceptors (Lipinski definition) is 4. The molecule has 0 radical (unpaired) electrons. The Balaban J connectivity index is 0.00000324. The molecule has 1 aliphatic rings. The molecule has 114 valence electrons. The lowest BCUT2D eigenvalue weighted by atomic mass is 9.81. The highest BCUT2D eigenvalue weighted by Crippen LogP contribution is 2.26. The van der Waals surface area contributed by atoms with Crippen LogP contribution in [0.5, 0.6) is 0 Å². The van der Waals surface area contributed by atoms with E-state index in [1.54, 1.807) is 7.11 Å². The number of halogens is 1. The van der Waals surface area contributed by atoms with Crippen molar-refractivity contribution in [2.24, 2.45) is 5.41 Å². The summed E-state index contributed by atoms with van der Waals surface area (Å²) in [7, 11) is 1.63. The maximum atomic E-state index is 11.6. The second kappa shape index (κ2) is 10.4. The fourth-order valence-electron chi connectivity index (χ4n) is 2.02. The Morgan fingerprint density at radius 1 is 1.26 bits per heavy atom. The molecular weight excluding hydrogens is 268 g/mol. The first kappa shape index (κ1) is 18.6. The van der Waals surface area contributed by atoms with E-state index >= 15 is 0 Å². The average Bonchev–Trinajstić information content (AvgIpc) is 2.37. The summed E-state index contributed by atoms with van der Waals surface area (Å²) >= 11 is 0. The van der Waals surface area contributed by atoms with Crippen molar-refractivity contribution in [2.45, 2.75) is 26.2 Å². The van der Waals surface area contributed by atoms with E-state index in [1.165, 1.54) is 0 Å². The minimum absolute atomic E-state index is 0. The molecule has 0 aromatic rings. The first-order chi connectivity index (χ1) is 8.66.